The molecule has 5 nitrogen and oxygen atoms in total. The van der Waals surface area contributed by atoms with Gasteiger partial charge in [-0.1, -0.05) is 0 Å². The van der Waals surface area contributed by atoms with Gasteiger partial charge < -0.3 is 10.2 Å². The SMILES string of the molecule is CNC1CCN(c2ncnc3snc(C)c23)C1. The molecule has 0 bridgehead atoms. The number of aromatic nitrogens is 3. The molecule has 90 valence electrons. The van der Waals surface area contributed by atoms with Gasteiger partial charge in [-0.15, -0.1) is 0 Å². The van der Waals surface area contributed by atoms with Gasteiger partial charge in [0.15, 0.2) is 0 Å². The van der Waals surface area contributed by atoms with Gasteiger partial charge in [0.05, 0.1) is 11.1 Å². The van der Waals surface area contributed by atoms with Crippen molar-refractivity contribution in [2.45, 2.75) is 19.4 Å². The Hall–Kier alpha value is -1.27. The molecule has 3 rings (SSSR count). The third-order valence-corrected chi connectivity index (χ3v) is 4.17. The van der Waals surface area contributed by atoms with E-state index >= 15 is 0 Å². The highest BCUT2D eigenvalue weighted by atomic mass is 32.1. The van der Waals surface area contributed by atoms with Gasteiger partial charge in [0, 0.05) is 19.1 Å². The first-order valence-corrected chi connectivity index (χ1v) is 6.56. The minimum Gasteiger partial charge on any atom is -0.354 e. The molecule has 0 spiro atoms. The van der Waals surface area contributed by atoms with Crippen LogP contribution in [0, 0.1) is 6.92 Å². The van der Waals surface area contributed by atoms with Crippen LogP contribution in [0.4, 0.5) is 5.82 Å². The Morgan fingerprint density at radius 3 is 3.12 bits per heavy atom. The molecule has 1 unspecified atom stereocenters. The van der Waals surface area contributed by atoms with E-state index in [4.69, 9.17) is 0 Å². The fourth-order valence-electron chi connectivity index (χ4n) is 2.33. The zero-order chi connectivity index (χ0) is 11.8. The largest absolute Gasteiger partial charge is 0.354 e. The number of hydrogen-bond acceptors (Lipinski definition) is 6. The Labute approximate surface area is 104 Å². The van der Waals surface area contributed by atoms with Crippen molar-refractivity contribution in [3.05, 3.63) is 12.0 Å². The van der Waals surface area contributed by atoms with Crippen LogP contribution in [0.15, 0.2) is 6.33 Å². The first-order chi connectivity index (χ1) is 8.29. The molecule has 3 heterocycles. The highest BCUT2D eigenvalue weighted by Crippen LogP contribution is 2.30. The number of rotatable bonds is 2. The van der Waals surface area contributed by atoms with Crippen molar-refractivity contribution in [2.75, 3.05) is 25.0 Å². The van der Waals surface area contributed by atoms with Crippen LogP contribution in [-0.2, 0) is 0 Å². The average molecular weight is 249 g/mol. The summed E-state index contributed by atoms with van der Waals surface area (Å²) in [4.78, 5) is 12.0. The molecular formula is C11H15N5S. The van der Waals surface area contributed by atoms with E-state index in [1.165, 1.54) is 18.0 Å². The first kappa shape index (κ1) is 10.9. The molecular weight excluding hydrogens is 234 g/mol. The summed E-state index contributed by atoms with van der Waals surface area (Å²) in [6.07, 6.45) is 2.81. The van der Waals surface area contributed by atoms with Crippen LogP contribution >= 0.6 is 11.5 Å². The monoisotopic (exact) mass is 249 g/mol. The molecule has 0 aliphatic carbocycles. The van der Waals surface area contributed by atoms with Crippen LogP contribution in [0.1, 0.15) is 12.1 Å². The zero-order valence-electron chi connectivity index (χ0n) is 9.97. The zero-order valence-corrected chi connectivity index (χ0v) is 10.8. The molecule has 6 heteroatoms. The lowest BCUT2D eigenvalue weighted by Gasteiger charge is -2.18. The second-order valence-corrected chi connectivity index (χ2v) is 5.12. The number of likely N-dealkylation sites (N-methyl/N-ethyl adjacent to an activating group) is 1. The first-order valence-electron chi connectivity index (χ1n) is 5.79. The number of hydrogen-bond donors (Lipinski definition) is 1. The molecule has 0 saturated carbocycles. The Morgan fingerprint density at radius 1 is 1.47 bits per heavy atom. The molecule has 1 saturated heterocycles. The maximum absolute atomic E-state index is 4.44. The summed E-state index contributed by atoms with van der Waals surface area (Å²) < 4.78 is 4.36. The fourth-order valence-corrected chi connectivity index (χ4v) is 3.07. The summed E-state index contributed by atoms with van der Waals surface area (Å²) in [6, 6.07) is 0.562. The summed E-state index contributed by atoms with van der Waals surface area (Å²) in [7, 11) is 2.02. The quantitative estimate of drug-likeness (QED) is 0.866. The van der Waals surface area contributed by atoms with Crippen molar-refractivity contribution in [1.82, 2.24) is 19.7 Å². The van der Waals surface area contributed by atoms with Crippen molar-refractivity contribution in [1.29, 1.82) is 0 Å². The molecule has 0 amide bonds. The van der Waals surface area contributed by atoms with E-state index in [-0.39, 0.29) is 0 Å². The molecule has 0 aromatic carbocycles. The van der Waals surface area contributed by atoms with Crippen molar-refractivity contribution in [3.63, 3.8) is 0 Å². The Bertz CT molecular complexity index is 538. The van der Waals surface area contributed by atoms with Crippen molar-refractivity contribution in [2.24, 2.45) is 0 Å². The van der Waals surface area contributed by atoms with Gasteiger partial charge in [0.1, 0.15) is 17.0 Å². The molecule has 1 atom stereocenters. The number of fused-ring (bicyclic) bond motifs is 1. The van der Waals surface area contributed by atoms with E-state index in [2.05, 4.69) is 24.6 Å². The van der Waals surface area contributed by atoms with Gasteiger partial charge >= 0.3 is 0 Å². The topological polar surface area (TPSA) is 53.9 Å². The predicted octanol–water partition coefficient (Wildman–Crippen LogP) is 1.19. The van der Waals surface area contributed by atoms with Crippen molar-refractivity contribution >= 4 is 27.6 Å². The molecule has 1 fully saturated rings. The number of aryl methyl sites for hydroxylation is 1. The second kappa shape index (κ2) is 4.19. The fraction of sp³-hybridized carbons (Fsp3) is 0.545. The van der Waals surface area contributed by atoms with Crippen LogP contribution < -0.4 is 10.2 Å². The standard InChI is InChI=1S/C11H15N5S/c1-7-9-10(13-6-14-11(9)17-15-7)16-4-3-8(5-16)12-2/h6,8,12H,3-5H2,1-2H3. The van der Waals surface area contributed by atoms with Crippen LogP contribution in [0.2, 0.25) is 0 Å². The normalized spacial score (nSPS) is 20.4. The van der Waals surface area contributed by atoms with E-state index in [9.17, 15) is 0 Å². The molecule has 1 aliphatic heterocycles. The summed E-state index contributed by atoms with van der Waals surface area (Å²) >= 11 is 1.45. The predicted molar refractivity (Wildman–Crippen MR) is 69.6 cm³/mol. The molecule has 1 N–H and O–H groups in total. The minimum absolute atomic E-state index is 0.562. The van der Waals surface area contributed by atoms with Gasteiger partial charge in [-0.05, 0) is 31.9 Å². The second-order valence-electron chi connectivity index (χ2n) is 4.37. The van der Waals surface area contributed by atoms with Gasteiger partial charge in [-0.3, -0.25) is 0 Å². The minimum atomic E-state index is 0.562. The number of anilines is 1. The van der Waals surface area contributed by atoms with Gasteiger partial charge in [0.25, 0.3) is 0 Å². The van der Waals surface area contributed by atoms with Crippen molar-refractivity contribution in [3.8, 4) is 0 Å². The molecule has 2 aromatic heterocycles. The number of nitrogens with one attached hydrogen (secondary N) is 1. The Morgan fingerprint density at radius 2 is 2.35 bits per heavy atom. The summed E-state index contributed by atoms with van der Waals surface area (Å²) in [5.41, 5.74) is 1.04. The lowest BCUT2D eigenvalue weighted by atomic mass is 10.3. The third-order valence-electron chi connectivity index (χ3n) is 3.32. The average Bonchev–Trinajstić information content (AvgIpc) is 2.96. The summed E-state index contributed by atoms with van der Waals surface area (Å²) in [5, 5.41) is 4.44. The van der Waals surface area contributed by atoms with E-state index in [0.29, 0.717) is 6.04 Å². The Balaban J connectivity index is 2.03. The van der Waals surface area contributed by atoms with E-state index in [0.717, 1.165) is 34.8 Å². The van der Waals surface area contributed by atoms with Crippen LogP contribution in [0.5, 0.6) is 0 Å². The smallest absolute Gasteiger partial charge is 0.149 e. The maximum atomic E-state index is 4.44. The third kappa shape index (κ3) is 1.77. The van der Waals surface area contributed by atoms with Gasteiger partial charge in [-0.2, -0.15) is 4.37 Å². The van der Waals surface area contributed by atoms with E-state index in [1.807, 2.05) is 14.0 Å². The summed E-state index contributed by atoms with van der Waals surface area (Å²) in [6.45, 7) is 4.09. The van der Waals surface area contributed by atoms with Gasteiger partial charge in [-0.25, -0.2) is 9.97 Å². The molecule has 2 aromatic rings. The lowest BCUT2D eigenvalue weighted by Crippen LogP contribution is -2.30. The Kier molecular flexibility index (Phi) is 2.68. The van der Waals surface area contributed by atoms with E-state index in [1.54, 1.807) is 6.33 Å². The van der Waals surface area contributed by atoms with Crippen LogP contribution in [-0.4, -0.2) is 40.5 Å². The lowest BCUT2D eigenvalue weighted by molar-refractivity contribution is 0.616. The van der Waals surface area contributed by atoms with Gasteiger partial charge in [0.2, 0.25) is 0 Å². The number of nitrogens with zero attached hydrogens (tertiary/aromatic N) is 4. The highest BCUT2D eigenvalue weighted by molar-refractivity contribution is 7.13. The van der Waals surface area contributed by atoms with Crippen LogP contribution in [0.3, 0.4) is 0 Å². The van der Waals surface area contributed by atoms with Crippen LogP contribution in [0.25, 0.3) is 10.2 Å². The summed E-state index contributed by atoms with van der Waals surface area (Å²) in [5.74, 6) is 1.04. The molecule has 1 aliphatic rings. The maximum Gasteiger partial charge on any atom is 0.149 e. The molecule has 0 radical (unpaired) electrons. The van der Waals surface area contributed by atoms with Crippen molar-refractivity contribution < 1.29 is 0 Å². The highest BCUT2D eigenvalue weighted by Gasteiger charge is 2.24. The van der Waals surface area contributed by atoms with E-state index < -0.39 is 0 Å². The molecule has 17 heavy (non-hydrogen) atoms.